The van der Waals surface area contributed by atoms with E-state index >= 15 is 0 Å². The van der Waals surface area contributed by atoms with Gasteiger partial charge in [0.2, 0.25) is 5.91 Å². The number of carboxylic acids is 1. The van der Waals surface area contributed by atoms with Gasteiger partial charge in [-0.2, -0.15) is 0 Å². The Morgan fingerprint density at radius 3 is 2.83 bits per heavy atom. The normalized spacial score (nSPS) is 9.83. The lowest BCUT2D eigenvalue weighted by Crippen LogP contribution is -2.24. The Labute approximate surface area is 106 Å². The number of carbonyl (C=O) groups is 2. The standard InChI is InChI=1S/C13H17NO4/c1-2-12(15)14-7-4-8-18-11-6-3-5-10(9-11)13(16)17/h3,5-6,9H,2,4,7-8H2,1H3,(H,14,15)(H,16,17). The molecular weight excluding hydrogens is 234 g/mol. The molecule has 1 rings (SSSR count). The van der Waals surface area contributed by atoms with Crippen molar-refractivity contribution < 1.29 is 19.4 Å². The summed E-state index contributed by atoms with van der Waals surface area (Å²) in [6.07, 6.45) is 1.16. The first-order chi connectivity index (χ1) is 8.63. The summed E-state index contributed by atoms with van der Waals surface area (Å²) in [5.41, 5.74) is 0.201. The van der Waals surface area contributed by atoms with Crippen molar-refractivity contribution in [3.63, 3.8) is 0 Å². The molecule has 5 nitrogen and oxygen atoms in total. The van der Waals surface area contributed by atoms with Gasteiger partial charge in [-0.3, -0.25) is 4.79 Å². The van der Waals surface area contributed by atoms with E-state index in [1.54, 1.807) is 19.1 Å². The second-order valence-corrected chi connectivity index (χ2v) is 3.74. The number of benzene rings is 1. The Balaban J connectivity index is 2.29. The Morgan fingerprint density at radius 1 is 1.39 bits per heavy atom. The molecular formula is C13H17NO4. The van der Waals surface area contributed by atoms with Gasteiger partial charge in [0.15, 0.2) is 0 Å². The Hall–Kier alpha value is -2.04. The molecule has 1 aromatic rings. The smallest absolute Gasteiger partial charge is 0.335 e. The molecule has 0 aliphatic heterocycles. The molecule has 0 spiro atoms. The van der Waals surface area contributed by atoms with Gasteiger partial charge in [0, 0.05) is 13.0 Å². The highest BCUT2D eigenvalue weighted by molar-refractivity contribution is 5.87. The van der Waals surface area contributed by atoms with Crippen molar-refractivity contribution in [1.82, 2.24) is 5.32 Å². The average molecular weight is 251 g/mol. The zero-order valence-electron chi connectivity index (χ0n) is 10.3. The number of aromatic carboxylic acids is 1. The van der Waals surface area contributed by atoms with Crippen LogP contribution in [-0.4, -0.2) is 30.1 Å². The van der Waals surface area contributed by atoms with Crippen LogP contribution in [0.3, 0.4) is 0 Å². The molecule has 0 saturated heterocycles. The number of rotatable bonds is 7. The van der Waals surface area contributed by atoms with E-state index in [2.05, 4.69) is 5.32 Å². The maximum Gasteiger partial charge on any atom is 0.335 e. The first-order valence-corrected chi connectivity index (χ1v) is 5.86. The van der Waals surface area contributed by atoms with Gasteiger partial charge in [-0.25, -0.2) is 4.79 Å². The predicted octanol–water partition coefficient (Wildman–Crippen LogP) is 1.68. The van der Waals surface area contributed by atoms with Crippen molar-refractivity contribution >= 4 is 11.9 Å². The van der Waals surface area contributed by atoms with E-state index in [0.717, 1.165) is 0 Å². The van der Waals surface area contributed by atoms with Crippen molar-refractivity contribution in [2.75, 3.05) is 13.2 Å². The van der Waals surface area contributed by atoms with Crippen LogP contribution in [0.1, 0.15) is 30.1 Å². The molecule has 5 heteroatoms. The highest BCUT2D eigenvalue weighted by Gasteiger charge is 2.03. The molecule has 1 aromatic carbocycles. The van der Waals surface area contributed by atoms with Crippen molar-refractivity contribution in [3.8, 4) is 5.75 Å². The van der Waals surface area contributed by atoms with Crippen LogP contribution in [0.2, 0.25) is 0 Å². The summed E-state index contributed by atoms with van der Waals surface area (Å²) < 4.78 is 5.40. The maximum absolute atomic E-state index is 10.9. The molecule has 0 heterocycles. The maximum atomic E-state index is 10.9. The van der Waals surface area contributed by atoms with E-state index in [-0.39, 0.29) is 11.5 Å². The molecule has 18 heavy (non-hydrogen) atoms. The lowest BCUT2D eigenvalue weighted by Gasteiger charge is -2.07. The molecule has 0 aromatic heterocycles. The van der Waals surface area contributed by atoms with Crippen molar-refractivity contribution in [1.29, 1.82) is 0 Å². The zero-order valence-corrected chi connectivity index (χ0v) is 10.3. The van der Waals surface area contributed by atoms with Crippen LogP contribution in [0.15, 0.2) is 24.3 Å². The number of carbonyl (C=O) groups excluding carboxylic acids is 1. The molecule has 0 saturated carbocycles. The van der Waals surface area contributed by atoms with E-state index in [1.165, 1.54) is 12.1 Å². The van der Waals surface area contributed by atoms with E-state index < -0.39 is 5.97 Å². The second kappa shape index (κ2) is 7.32. The van der Waals surface area contributed by atoms with Crippen molar-refractivity contribution in [3.05, 3.63) is 29.8 Å². The molecule has 0 atom stereocenters. The highest BCUT2D eigenvalue weighted by Crippen LogP contribution is 2.13. The summed E-state index contributed by atoms with van der Waals surface area (Å²) in [5.74, 6) is -0.435. The van der Waals surface area contributed by atoms with Crippen molar-refractivity contribution in [2.45, 2.75) is 19.8 Å². The van der Waals surface area contributed by atoms with E-state index in [4.69, 9.17) is 9.84 Å². The van der Waals surface area contributed by atoms with Crippen LogP contribution in [0, 0.1) is 0 Å². The molecule has 0 radical (unpaired) electrons. The number of amides is 1. The quantitative estimate of drug-likeness (QED) is 0.723. The molecule has 98 valence electrons. The largest absolute Gasteiger partial charge is 0.494 e. The van der Waals surface area contributed by atoms with Crippen LogP contribution in [0.4, 0.5) is 0 Å². The van der Waals surface area contributed by atoms with Crippen molar-refractivity contribution in [2.24, 2.45) is 0 Å². The SMILES string of the molecule is CCC(=O)NCCCOc1cccc(C(=O)O)c1. The Kier molecular flexibility index (Phi) is 5.70. The summed E-state index contributed by atoms with van der Waals surface area (Å²) in [5, 5.41) is 11.5. The average Bonchev–Trinajstić information content (AvgIpc) is 2.38. The molecule has 0 bridgehead atoms. The fourth-order valence-corrected chi connectivity index (χ4v) is 1.33. The molecule has 0 aliphatic rings. The van der Waals surface area contributed by atoms with Gasteiger partial charge >= 0.3 is 5.97 Å². The first-order valence-electron chi connectivity index (χ1n) is 5.86. The summed E-state index contributed by atoms with van der Waals surface area (Å²) in [6.45, 7) is 2.79. The van der Waals surface area contributed by atoms with Crippen LogP contribution in [-0.2, 0) is 4.79 Å². The topological polar surface area (TPSA) is 75.6 Å². The van der Waals surface area contributed by atoms with Gasteiger partial charge in [-0.1, -0.05) is 13.0 Å². The minimum atomic E-state index is -0.976. The van der Waals surface area contributed by atoms with E-state index in [1.807, 2.05) is 0 Å². The first kappa shape index (κ1) is 14.0. The number of nitrogens with one attached hydrogen (secondary N) is 1. The Morgan fingerprint density at radius 2 is 2.17 bits per heavy atom. The molecule has 2 N–H and O–H groups in total. The molecule has 1 amide bonds. The van der Waals surface area contributed by atoms with Crippen LogP contribution in [0.25, 0.3) is 0 Å². The zero-order chi connectivity index (χ0) is 13.4. The van der Waals surface area contributed by atoms with Gasteiger partial charge in [-0.15, -0.1) is 0 Å². The fourth-order valence-electron chi connectivity index (χ4n) is 1.33. The molecule has 0 fully saturated rings. The van der Waals surface area contributed by atoms with Gasteiger partial charge in [0.25, 0.3) is 0 Å². The van der Waals surface area contributed by atoms with E-state index in [0.29, 0.717) is 31.7 Å². The van der Waals surface area contributed by atoms with Gasteiger partial charge in [0.05, 0.1) is 12.2 Å². The lowest BCUT2D eigenvalue weighted by molar-refractivity contribution is -0.120. The summed E-state index contributed by atoms with van der Waals surface area (Å²) in [7, 11) is 0. The van der Waals surface area contributed by atoms with Gasteiger partial charge in [0.1, 0.15) is 5.75 Å². The van der Waals surface area contributed by atoms with Gasteiger partial charge in [-0.05, 0) is 24.6 Å². The minimum Gasteiger partial charge on any atom is -0.494 e. The Bertz CT molecular complexity index is 417. The third-order valence-electron chi connectivity index (χ3n) is 2.31. The monoisotopic (exact) mass is 251 g/mol. The second-order valence-electron chi connectivity index (χ2n) is 3.74. The lowest BCUT2D eigenvalue weighted by atomic mass is 10.2. The number of carboxylic acid groups (broad SMARTS) is 1. The number of hydrogen-bond donors (Lipinski definition) is 2. The van der Waals surface area contributed by atoms with Crippen LogP contribution < -0.4 is 10.1 Å². The number of ether oxygens (including phenoxy) is 1. The number of hydrogen-bond acceptors (Lipinski definition) is 3. The summed E-state index contributed by atoms with van der Waals surface area (Å²) in [6, 6.07) is 6.33. The summed E-state index contributed by atoms with van der Waals surface area (Å²) >= 11 is 0. The molecule has 0 aliphatic carbocycles. The third-order valence-corrected chi connectivity index (χ3v) is 2.31. The fraction of sp³-hybridized carbons (Fsp3) is 0.385. The predicted molar refractivity (Wildman–Crippen MR) is 66.8 cm³/mol. The summed E-state index contributed by atoms with van der Waals surface area (Å²) in [4.78, 5) is 21.7. The third kappa shape index (κ3) is 4.86. The highest BCUT2D eigenvalue weighted by atomic mass is 16.5. The van der Waals surface area contributed by atoms with E-state index in [9.17, 15) is 9.59 Å². The minimum absolute atomic E-state index is 0.0166. The van der Waals surface area contributed by atoms with Gasteiger partial charge < -0.3 is 15.2 Å². The van der Waals surface area contributed by atoms with Crippen LogP contribution in [0.5, 0.6) is 5.75 Å². The van der Waals surface area contributed by atoms with Crippen LogP contribution >= 0.6 is 0 Å². The molecule has 0 unspecified atom stereocenters.